The van der Waals surface area contributed by atoms with Crippen LogP contribution in [-0.4, -0.2) is 62.0 Å². The van der Waals surface area contributed by atoms with Crippen molar-refractivity contribution in [3.8, 4) is 0 Å². The lowest BCUT2D eigenvalue weighted by atomic mass is 9.49. The number of piperazine rings is 1. The zero-order valence-corrected chi connectivity index (χ0v) is 16.5. The first-order chi connectivity index (χ1) is 10.6. The second-order valence-corrected chi connectivity index (χ2v) is 8.69. The third-order valence-electron chi connectivity index (χ3n) is 6.73. The Morgan fingerprint density at radius 3 is 2.04 bits per heavy atom. The van der Waals surface area contributed by atoms with Gasteiger partial charge >= 0.3 is 0 Å². The average molecular weight is 378 g/mol. The van der Waals surface area contributed by atoms with E-state index in [4.69, 9.17) is 0 Å². The molecule has 5 rings (SSSR count). The Morgan fingerprint density at radius 2 is 1.54 bits per heavy atom. The molecular weight excluding hydrogens is 345 g/mol. The molecule has 0 aromatic rings. The van der Waals surface area contributed by atoms with Crippen molar-refractivity contribution in [2.75, 3.05) is 46.3 Å². The number of rotatable bonds is 4. The lowest BCUT2D eigenvalue weighted by Crippen LogP contribution is -2.53. The van der Waals surface area contributed by atoms with Gasteiger partial charge in [-0.05, 0) is 61.7 Å². The molecule has 4 nitrogen and oxygen atoms in total. The topological polar surface area (TPSA) is 35.6 Å². The summed E-state index contributed by atoms with van der Waals surface area (Å²) >= 11 is 0. The summed E-state index contributed by atoms with van der Waals surface area (Å²) in [4.78, 5) is 17.0. The van der Waals surface area contributed by atoms with Crippen LogP contribution in [0, 0.1) is 23.2 Å². The first-order valence-electron chi connectivity index (χ1n) is 9.29. The third-order valence-corrected chi connectivity index (χ3v) is 6.73. The van der Waals surface area contributed by atoms with Gasteiger partial charge in [-0.25, -0.2) is 0 Å². The number of carbonyl (C=O) groups is 1. The zero-order chi connectivity index (χ0) is 15.2. The van der Waals surface area contributed by atoms with Gasteiger partial charge in [-0.15, -0.1) is 24.8 Å². The second kappa shape index (κ2) is 8.11. The van der Waals surface area contributed by atoms with Crippen molar-refractivity contribution in [1.29, 1.82) is 0 Å². The SMILES string of the molecule is CN(CC12CC3CC(CC(C3)C1)C2)C(=O)CN1CCNCC1.Cl.Cl. The molecule has 0 aromatic carbocycles. The van der Waals surface area contributed by atoms with E-state index >= 15 is 0 Å². The molecular formula is C18H33Cl2N3O. The minimum absolute atomic E-state index is 0. The summed E-state index contributed by atoms with van der Waals surface area (Å²) in [7, 11) is 2.04. The molecule has 4 aliphatic carbocycles. The molecule has 0 aromatic heterocycles. The maximum absolute atomic E-state index is 12.6. The summed E-state index contributed by atoms with van der Waals surface area (Å²) in [5.74, 6) is 3.26. The van der Waals surface area contributed by atoms with E-state index in [1.807, 2.05) is 7.05 Å². The van der Waals surface area contributed by atoms with Gasteiger partial charge in [-0.2, -0.15) is 0 Å². The maximum atomic E-state index is 12.6. The summed E-state index contributed by atoms with van der Waals surface area (Å²) in [5, 5.41) is 3.35. The van der Waals surface area contributed by atoms with Crippen LogP contribution in [0.1, 0.15) is 38.5 Å². The van der Waals surface area contributed by atoms with Gasteiger partial charge in [0.1, 0.15) is 0 Å². The summed E-state index contributed by atoms with van der Waals surface area (Å²) in [6, 6.07) is 0. The van der Waals surface area contributed by atoms with Crippen LogP contribution in [0.15, 0.2) is 0 Å². The van der Waals surface area contributed by atoms with E-state index in [1.165, 1.54) is 38.5 Å². The van der Waals surface area contributed by atoms with E-state index in [0.717, 1.165) is 50.5 Å². The maximum Gasteiger partial charge on any atom is 0.236 e. The molecule has 0 atom stereocenters. The average Bonchev–Trinajstić information content (AvgIpc) is 2.46. The molecule has 140 valence electrons. The van der Waals surface area contributed by atoms with Crippen LogP contribution in [-0.2, 0) is 4.79 Å². The summed E-state index contributed by atoms with van der Waals surface area (Å²) in [6.07, 6.45) is 8.63. The molecule has 5 fully saturated rings. The highest BCUT2D eigenvalue weighted by Gasteiger charge is 2.51. The summed E-state index contributed by atoms with van der Waals surface area (Å²) < 4.78 is 0. The Balaban J connectivity index is 0.00000104. The largest absolute Gasteiger partial charge is 0.344 e. The third kappa shape index (κ3) is 4.20. The number of hydrogen-bond acceptors (Lipinski definition) is 3. The molecule has 4 saturated carbocycles. The Labute approximate surface area is 158 Å². The number of amides is 1. The molecule has 1 heterocycles. The highest BCUT2D eigenvalue weighted by Crippen LogP contribution is 2.60. The smallest absolute Gasteiger partial charge is 0.236 e. The molecule has 1 aliphatic heterocycles. The number of halogens is 2. The zero-order valence-electron chi connectivity index (χ0n) is 14.8. The van der Waals surface area contributed by atoms with Gasteiger partial charge in [0.05, 0.1) is 6.54 Å². The fourth-order valence-electron chi connectivity index (χ4n) is 6.26. The van der Waals surface area contributed by atoms with Crippen molar-refractivity contribution in [3.63, 3.8) is 0 Å². The normalized spacial score (nSPS) is 37.5. The molecule has 24 heavy (non-hydrogen) atoms. The first-order valence-corrected chi connectivity index (χ1v) is 9.29. The predicted molar refractivity (Wildman–Crippen MR) is 102 cm³/mol. The van der Waals surface area contributed by atoms with Crippen LogP contribution in [0.4, 0.5) is 0 Å². The van der Waals surface area contributed by atoms with Crippen LogP contribution in [0.5, 0.6) is 0 Å². The molecule has 0 spiro atoms. The van der Waals surface area contributed by atoms with Crippen molar-refractivity contribution < 1.29 is 4.79 Å². The van der Waals surface area contributed by atoms with E-state index in [0.29, 0.717) is 17.9 Å². The van der Waals surface area contributed by atoms with Crippen LogP contribution in [0.3, 0.4) is 0 Å². The minimum atomic E-state index is 0. The van der Waals surface area contributed by atoms with Gasteiger partial charge in [0, 0.05) is 39.8 Å². The van der Waals surface area contributed by atoms with Crippen LogP contribution in [0.2, 0.25) is 0 Å². The van der Waals surface area contributed by atoms with E-state index < -0.39 is 0 Å². The lowest BCUT2D eigenvalue weighted by Gasteiger charge is -2.57. The van der Waals surface area contributed by atoms with Gasteiger partial charge in [-0.3, -0.25) is 9.69 Å². The van der Waals surface area contributed by atoms with E-state index in [-0.39, 0.29) is 24.8 Å². The second-order valence-electron chi connectivity index (χ2n) is 8.69. The van der Waals surface area contributed by atoms with Crippen LogP contribution < -0.4 is 5.32 Å². The Morgan fingerprint density at radius 1 is 1.04 bits per heavy atom. The monoisotopic (exact) mass is 377 g/mol. The number of nitrogens with one attached hydrogen (secondary N) is 1. The van der Waals surface area contributed by atoms with Crippen LogP contribution >= 0.6 is 24.8 Å². The van der Waals surface area contributed by atoms with Crippen molar-refractivity contribution in [2.45, 2.75) is 38.5 Å². The summed E-state index contributed by atoms with van der Waals surface area (Å²) in [5.41, 5.74) is 0.475. The highest BCUT2D eigenvalue weighted by atomic mass is 35.5. The molecule has 0 unspecified atom stereocenters. The fraction of sp³-hybridized carbons (Fsp3) is 0.944. The van der Waals surface area contributed by atoms with E-state index in [1.54, 1.807) is 0 Å². The quantitative estimate of drug-likeness (QED) is 0.816. The number of carbonyl (C=O) groups excluding carboxylic acids is 1. The Kier molecular flexibility index (Phi) is 6.86. The van der Waals surface area contributed by atoms with E-state index in [9.17, 15) is 4.79 Å². The number of nitrogens with zero attached hydrogens (tertiary/aromatic N) is 2. The molecule has 1 amide bonds. The van der Waals surface area contributed by atoms with Crippen molar-refractivity contribution in [2.24, 2.45) is 23.2 Å². The Bertz CT molecular complexity index is 405. The van der Waals surface area contributed by atoms with Gasteiger partial charge < -0.3 is 10.2 Å². The fourth-order valence-corrected chi connectivity index (χ4v) is 6.26. The van der Waals surface area contributed by atoms with Crippen molar-refractivity contribution in [3.05, 3.63) is 0 Å². The highest BCUT2D eigenvalue weighted by molar-refractivity contribution is 5.85. The van der Waals surface area contributed by atoms with Crippen LogP contribution in [0.25, 0.3) is 0 Å². The standard InChI is InChI=1S/C18H31N3O.2ClH/c1-20(17(22)12-21-4-2-19-3-5-21)13-18-9-14-6-15(10-18)8-16(7-14)11-18;;/h14-16,19H,2-13H2,1H3;2*1H. The van der Waals surface area contributed by atoms with Gasteiger partial charge in [0.2, 0.25) is 5.91 Å². The summed E-state index contributed by atoms with van der Waals surface area (Å²) in [6.45, 7) is 5.69. The lowest BCUT2D eigenvalue weighted by molar-refractivity contribution is -0.136. The molecule has 4 bridgehead atoms. The molecule has 5 aliphatic rings. The predicted octanol–water partition coefficient (Wildman–Crippen LogP) is 2.41. The van der Waals surface area contributed by atoms with E-state index in [2.05, 4.69) is 15.1 Å². The Hall–Kier alpha value is -0.0300. The molecule has 1 N–H and O–H groups in total. The minimum Gasteiger partial charge on any atom is -0.344 e. The number of likely N-dealkylation sites (N-methyl/N-ethyl adjacent to an activating group) is 1. The molecule has 1 saturated heterocycles. The van der Waals surface area contributed by atoms with Gasteiger partial charge in [0.15, 0.2) is 0 Å². The number of hydrogen-bond donors (Lipinski definition) is 1. The molecule has 6 heteroatoms. The first kappa shape index (κ1) is 20.3. The van der Waals surface area contributed by atoms with Crippen molar-refractivity contribution >= 4 is 30.7 Å². The van der Waals surface area contributed by atoms with Gasteiger partial charge in [0.25, 0.3) is 0 Å². The van der Waals surface area contributed by atoms with Crippen molar-refractivity contribution in [1.82, 2.24) is 15.1 Å². The molecule has 0 radical (unpaired) electrons. The van der Waals surface area contributed by atoms with Gasteiger partial charge in [-0.1, -0.05) is 0 Å².